The van der Waals surface area contributed by atoms with Crippen LogP contribution in [0.25, 0.3) is 0 Å². The number of benzene rings is 8. The average Bonchev–Trinajstić information content (AvgIpc) is 1.59. The summed E-state index contributed by atoms with van der Waals surface area (Å²) >= 11 is 0. The maximum atomic E-state index is 12.9. The Morgan fingerprint density at radius 3 is 0.750 bits per heavy atom. The summed E-state index contributed by atoms with van der Waals surface area (Å²) in [6, 6.07) is 63.7. The number of carbonyl (C=O) groups excluding carboxylic acids is 6. The molecule has 0 aliphatic carbocycles. The van der Waals surface area contributed by atoms with E-state index in [4.69, 9.17) is 53.7 Å². The number of terminal acetylenes is 4. The van der Waals surface area contributed by atoms with Gasteiger partial charge < -0.3 is 53.6 Å². The molecule has 120 heavy (non-hydrogen) atoms. The number of hydrogen-bond donors (Lipinski definition) is 10. The molecule has 10 atom stereocenters. The molecular weight excluding hydrogens is 1550 g/mol. The number of nitrogens with two attached hydrogens (primary N) is 4. The molecule has 0 saturated heterocycles. The van der Waals surface area contributed by atoms with Crippen LogP contribution in [0.15, 0.2) is 239 Å². The molecule has 8 aromatic rings. The Morgan fingerprint density at radius 1 is 0.308 bits per heavy atom. The molecule has 0 spiro atoms. The number of carboxylic acids is 1. The molecule has 14 N–H and O–H groups in total. The molecule has 0 bridgehead atoms. The lowest BCUT2D eigenvalue weighted by molar-refractivity contribution is -0.166. The molecule has 2 aliphatic rings. The summed E-state index contributed by atoms with van der Waals surface area (Å²) in [5, 5.41) is 72.1. The first kappa shape index (κ1) is 96.1. The zero-order valence-corrected chi connectivity index (χ0v) is 65.6. The van der Waals surface area contributed by atoms with Gasteiger partial charge in [0.25, 0.3) is 0 Å². The number of ketones is 2. The van der Waals surface area contributed by atoms with Crippen molar-refractivity contribution in [3.8, 4) is 49.4 Å². The third-order valence-corrected chi connectivity index (χ3v) is 20.1. The number of primary amides is 4. The van der Waals surface area contributed by atoms with Crippen LogP contribution in [0.3, 0.4) is 0 Å². The number of carboxylic acid groups (broad SMARTS) is 1. The maximum Gasteiger partial charge on any atom is 0.442 e. The molecule has 8 aromatic carbocycles. The third kappa shape index (κ3) is 29.4. The molecule has 0 aromatic heterocycles. The molecule has 10 rings (SSSR count). The van der Waals surface area contributed by atoms with E-state index in [1.54, 1.807) is 48.5 Å². The fourth-order valence-electron chi connectivity index (χ4n) is 12.7. The molecule has 0 fully saturated rings. The summed E-state index contributed by atoms with van der Waals surface area (Å²) in [5.41, 5.74) is 24.2. The van der Waals surface area contributed by atoms with Crippen molar-refractivity contribution in [2.45, 2.75) is 157 Å². The summed E-state index contributed by atoms with van der Waals surface area (Å²) in [7, 11) is 0. The topological polar surface area (TPSA) is 394 Å². The number of aliphatic carboxylic acids is 1. The van der Waals surface area contributed by atoms with Gasteiger partial charge in [0.05, 0.1) is 60.1 Å². The third-order valence-electron chi connectivity index (χ3n) is 20.1. The van der Waals surface area contributed by atoms with E-state index in [-0.39, 0.29) is 61.2 Å². The lowest BCUT2D eigenvalue weighted by Gasteiger charge is -2.20. The SMILES string of the molecule is C#CCC(C(=O)O)C(O)CCc1ccc(C(=O)c2ccccc2)cc1.C#CCC(C(N)=O)C(O)CCc1ccc(C(=O)c2ccccc2)cc1.C#CC[C@@H](C(N)=O)[C@@H](O)CCc1ccc(C2(C(F)(F)F)N=N2)cc1.C#CC[C@@H](C(N)=O)[C@H](O)CCc1ccc(C2(C(F)(F)F)N=N2)cc1.NC(=O)[C@H](CCc1ccccc1)[C@H](O)CCc1ccccc1. The van der Waals surface area contributed by atoms with Crippen molar-refractivity contribution in [1.29, 1.82) is 0 Å². The summed E-state index contributed by atoms with van der Waals surface area (Å²) in [6.07, 6.45) is 12.6. The normalized spacial score (nSPS) is 14.9. The Labute approximate surface area is 692 Å². The highest BCUT2D eigenvalue weighted by Crippen LogP contribution is 2.53. The maximum absolute atomic E-state index is 12.9. The number of aliphatic hydroxyl groups is 5. The molecular formula is C93H96F6N8O13. The van der Waals surface area contributed by atoms with Gasteiger partial charge in [-0.3, -0.25) is 33.6 Å². The van der Waals surface area contributed by atoms with Crippen LogP contribution in [0.5, 0.6) is 0 Å². The molecule has 2 aliphatic heterocycles. The van der Waals surface area contributed by atoms with Crippen molar-refractivity contribution in [1.82, 2.24) is 0 Å². The minimum atomic E-state index is -4.56. The van der Waals surface area contributed by atoms with Crippen molar-refractivity contribution in [3.63, 3.8) is 0 Å². The van der Waals surface area contributed by atoms with E-state index in [1.165, 1.54) is 48.5 Å². The molecule has 628 valence electrons. The number of amides is 4. The molecule has 4 unspecified atom stereocenters. The quantitative estimate of drug-likeness (QED) is 0.00978. The summed E-state index contributed by atoms with van der Waals surface area (Å²) < 4.78 is 77.4. The minimum Gasteiger partial charge on any atom is -0.481 e. The number of nitrogens with zero attached hydrogens (tertiary/aromatic N) is 4. The number of alkyl halides is 6. The second-order valence-electron chi connectivity index (χ2n) is 28.6. The molecule has 2 heterocycles. The number of carbonyl (C=O) groups is 7. The summed E-state index contributed by atoms with van der Waals surface area (Å²) in [6.45, 7) is 0. The van der Waals surface area contributed by atoms with Crippen LogP contribution in [-0.2, 0) is 73.8 Å². The van der Waals surface area contributed by atoms with Gasteiger partial charge in [-0.25, -0.2) is 0 Å². The van der Waals surface area contributed by atoms with E-state index >= 15 is 0 Å². The highest BCUT2D eigenvalue weighted by molar-refractivity contribution is 6.09. The Bertz CT molecular complexity index is 4610. The van der Waals surface area contributed by atoms with Crippen molar-refractivity contribution >= 4 is 41.2 Å². The number of hydrogen-bond acceptors (Lipinski definition) is 16. The van der Waals surface area contributed by atoms with Crippen LogP contribution in [-0.4, -0.2) is 115 Å². The molecule has 0 radical (unpaired) electrons. The second kappa shape index (κ2) is 47.0. The van der Waals surface area contributed by atoms with Crippen LogP contribution < -0.4 is 22.9 Å². The first-order valence-corrected chi connectivity index (χ1v) is 38.3. The smallest absolute Gasteiger partial charge is 0.442 e. The van der Waals surface area contributed by atoms with Gasteiger partial charge in [-0.05, 0) is 110 Å². The van der Waals surface area contributed by atoms with E-state index in [0.29, 0.717) is 84.7 Å². The zero-order chi connectivity index (χ0) is 88.2. The van der Waals surface area contributed by atoms with Crippen molar-refractivity contribution < 1.29 is 90.5 Å². The highest BCUT2D eigenvalue weighted by atomic mass is 19.4. The minimum absolute atomic E-state index is 0.00101. The fraction of sp³-hybridized carbons (Fsp3) is 0.323. The van der Waals surface area contributed by atoms with Crippen molar-refractivity contribution in [3.05, 3.63) is 285 Å². The number of aryl methyl sites for hydroxylation is 6. The Kier molecular flexibility index (Phi) is 37.7. The van der Waals surface area contributed by atoms with Gasteiger partial charge in [0.15, 0.2) is 11.6 Å². The summed E-state index contributed by atoms with van der Waals surface area (Å²) in [5.74, 6) is 1.82. The van der Waals surface area contributed by atoms with Crippen LogP contribution in [0, 0.1) is 79.0 Å². The van der Waals surface area contributed by atoms with Crippen molar-refractivity contribution in [2.24, 2.45) is 73.0 Å². The number of halogens is 6. The second-order valence-corrected chi connectivity index (χ2v) is 28.6. The predicted molar refractivity (Wildman–Crippen MR) is 439 cm³/mol. The Morgan fingerprint density at radius 2 is 0.517 bits per heavy atom. The van der Waals surface area contributed by atoms with Gasteiger partial charge >= 0.3 is 29.6 Å². The average molecular weight is 1650 g/mol. The van der Waals surface area contributed by atoms with Crippen LogP contribution in [0.4, 0.5) is 26.3 Å². The first-order valence-electron chi connectivity index (χ1n) is 38.3. The van der Waals surface area contributed by atoms with E-state index in [2.05, 4.69) is 44.1 Å². The number of rotatable bonds is 38. The largest absolute Gasteiger partial charge is 0.481 e. The zero-order valence-electron chi connectivity index (χ0n) is 65.6. The molecule has 4 amide bonds. The standard InChI is InChI=1S/C21H21NO3.C21H20O4.C19H23NO2.2C16H16F3N3O2/c1-2-6-18(21(22)25)19(23)14-11-15-9-12-17(13-10-15)20(24)16-7-4-3-5-8-16;1-2-6-18(21(24)25)19(22)14-11-15-9-12-17(13-10-15)20(23)16-7-4-3-5-8-16;20-19(22)17(13-11-15-7-3-1-4-8-15)18(21)14-12-16-9-5-2-6-10-16;2*1-2-3-12(14(20)24)13(23)9-6-10-4-7-11(8-5-10)15(21-22-15)16(17,18)19/h1,3-5,7-10,12-13,18-19,23H,6,11,14H2,(H2,22,25);1,3-5,7-10,12-13,18-19,22H,6,11,14H2,(H,24,25);1-10,17-18,21H,11-14H2,(H2,20,22);2*1,4-5,7-8,12-13,23H,3,6,9H2,(H2,20,24)/t;;17-,18-;12-,13+;12-,13-/m..111/s1. The lowest BCUT2D eigenvalue weighted by atomic mass is 9.90. The van der Waals surface area contributed by atoms with Gasteiger partial charge in [0.1, 0.15) is 0 Å². The van der Waals surface area contributed by atoms with Gasteiger partial charge in [0.2, 0.25) is 23.6 Å². The predicted octanol–water partition coefficient (Wildman–Crippen LogP) is 12.6. The first-order chi connectivity index (χ1) is 57.1. The monoisotopic (exact) mass is 1650 g/mol. The van der Waals surface area contributed by atoms with E-state index < -0.39 is 113 Å². The Hall–Kier alpha value is -12.7. The van der Waals surface area contributed by atoms with E-state index in [0.717, 1.165) is 35.1 Å². The molecule has 21 nitrogen and oxygen atoms in total. The fourth-order valence-corrected chi connectivity index (χ4v) is 12.7. The van der Waals surface area contributed by atoms with Crippen LogP contribution in [0.1, 0.15) is 141 Å². The van der Waals surface area contributed by atoms with Gasteiger partial charge in [-0.2, -0.15) is 26.3 Å². The van der Waals surface area contributed by atoms with E-state index in [1.807, 2.05) is 121 Å². The highest BCUT2D eigenvalue weighted by Gasteiger charge is 2.66. The summed E-state index contributed by atoms with van der Waals surface area (Å²) in [4.78, 5) is 81.2. The number of aliphatic hydroxyl groups excluding tert-OH is 5. The lowest BCUT2D eigenvalue weighted by Crippen LogP contribution is -2.34. The Balaban J connectivity index is 0.000000233. The van der Waals surface area contributed by atoms with Gasteiger partial charge in [-0.15, -0.1) is 69.8 Å². The van der Waals surface area contributed by atoms with E-state index in [9.17, 15) is 85.4 Å². The molecule has 27 heteroatoms. The van der Waals surface area contributed by atoms with Crippen LogP contribution in [0.2, 0.25) is 0 Å². The van der Waals surface area contributed by atoms with Crippen LogP contribution >= 0.6 is 0 Å². The van der Waals surface area contributed by atoms with Gasteiger partial charge in [0, 0.05) is 59.1 Å². The molecule has 0 saturated carbocycles. The van der Waals surface area contributed by atoms with Crippen molar-refractivity contribution in [2.75, 3.05) is 0 Å². The van der Waals surface area contributed by atoms with Gasteiger partial charge in [-0.1, -0.05) is 218 Å².